The number of carbonyl (C=O) groups excluding carboxylic acids is 2. The van der Waals surface area contributed by atoms with Crippen LogP contribution in [0.1, 0.15) is 32.1 Å². The van der Waals surface area contributed by atoms with Gasteiger partial charge < -0.3 is 10.1 Å². The predicted octanol–water partition coefficient (Wildman–Crippen LogP) is 3.00. The molecule has 1 N–H and O–H groups in total. The summed E-state index contributed by atoms with van der Waals surface area (Å²) in [6, 6.07) is 13.3. The highest BCUT2D eigenvalue weighted by atomic mass is 32.2. The molecule has 0 aromatic heterocycles. The topological polar surface area (TPSA) is 96.0 Å². The molecule has 2 aromatic rings. The van der Waals surface area contributed by atoms with E-state index in [1.54, 1.807) is 49.5 Å². The maximum Gasteiger partial charge on any atom is 0.265 e. The summed E-state index contributed by atoms with van der Waals surface area (Å²) in [5.74, 6) is -0.299. The Hall–Kier alpha value is -2.91. The molecule has 8 nitrogen and oxygen atoms in total. The lowest BCUT2D eigenvalue weighted by atomic mass is 9.96. The molecule has 170 valence electrons. The van der Waals surface area contributed by atoms with E-state index in [4.69, 9.17) is 4.74 Å². The van der Waals surface area contributed by atoms with Crippen LogP contribution in [0.4, 0.5) is 11.4 Å². The highest BCUT2D eigenvalue weighted by Crippen LogP contribution is 2.32. The number of ether oxygens (including phenoxy) is 1. The van der Waals surface area contributed by atoms with Gasteiger partial charge in [0.1, 0.15) is 17.2 Å². The van der Waals surface area contributed by atoms with Crippen LogP contribution in [0, 0.1) is 0 Å². The minimum Gasteiger partial charge on any atom is -0.482 e. The van der Waals surface area contributed by atoms with Gasteiger partial charge in [-0.1, -0.05) is 43.5 Å². The van der Waals surface area contributed by atoms with E-state index >= 15 is 0 Å². The Morgan fingerprint density at radius 2 is 1.78 bits per heavy atom. The molecule has 2 aliphatic rings. The van der Waals surface area contributed by atoms with E-state index in [0.29, 0.717) is 11.4 Å². The number of nitrogens with one attached hydrogen (secondary N) is 1. The van der Waals surface area contributed by atoms with Crippen molar-refractivity contribution in [1.29, 1.82) is 0 Å². The SMILES string of the molecule is CN(C1CCCCC1)S(=O)(=O)c1ccccc1NC(=O)CN1C(=O)COc2ccccc21. The Morgan fingerprint density at radius 1 is 1.09 bits per heavy atom. The molecular formula is C23H27N3O5S. The summed E-state index contributed by atoms with van der Waals surface area (Å²) in [4.78, 5) is 26.6. The molecule has 0 atom stereocenters. The van der Waals surface area contributed by atoms with Gasteiger partial charge in [-0.2, -0.15) is 4.31 Å². The number of fused-ring (bicyclic) bond motifs is 1. The van der Waals surface area contributed by atoms with E-state index in [2.05, 4.69) is 5.32 Å². The highest BCUT2D eigenvalue weighted by molar-refractivity contribution is 7.89. The predicted molar refractivity (Wildman–Crippen MR) is 121 cm³/mol. The Balaban J connectivity index is 1.53. The number of para-hydroxylation sites is 3. The van der Waals surface area contributed by atoms with Crippen LogP contribution in [-0.4, -0.2) is 50.8 Å². The van der Waals surface area contributed by atoms with Crippen molar-refractivity contribution < 1.29 is 22.7 Å². The van der Waals surface area contributed by atoms with Crippen LogP contribution in [0.15, 0.2) is 53.4 Å². The number of hydrogen-bond donors (Lipinski definition) is 1. The number of amides is 2. The summed E-state index contributed by atoms with van der Waals surface area (Å²) >= 11 is 0. The third-order valence-corrected chi connectivity index (χ3v) is 7.99. The first-order valence-corrected chi connectivity index (χ1v) is 12.2. The summed E-state index contributed by atoms with van der Waals surface area (Å²) in [5, 5.41) is 2.69. The second kappa shape index (κ2) is 9.30. The van der Waals surface area contributed by atoms with Gasteiger partial charge in [-0.3, -0.25) is 14.5 Å². The molecule has 9 heteroatoms. The van der Waals surface area contributed by atoms with Crippen LogP contribution >= 0.6 is 0 Å². The molecule has 1 aliphatic carbocycles. The minimum atomic E-state index is -3.79. The van der Waals surface area contributed by atoms with Gasteiger partial charge in [0.15, 0.2) is 6.61 Å². The molecule has 1 aliphatic heterocycles. The summed E-state index contributed by atoms with van der Waals surface area (Å²) in [5.41, 5.74) is 0.714. The Morgan fingerprint density at radius 3 is 2.56 bits per heavy atom. The molecule has 0 bridgehead atoms. The normalized spacial score (nSPS) is 17.1. The van der Waals surface area contributed by atoms with Gasteiger partial charge in [0.05, 0.1) is 11.4 Å². The van der Waals surface area contributed by atoms with E-state index in [1.165, 1.54) is 15.3 Å². The molecule has 2 aromatic carbocycles. The average Bonchev–Trinajstić information content (AvgIpc) is 2.81. The van der Waals surface area contributed by atoms with Crippen molar-refractivity contribution in [3.63, 3.8) is 0 Å². The fourth-order valence-electron chi connectivity index (χ4n) is 4.25. The quantitative estimate of drug-likeness (QED) is 0.719. The number of nitrogens with zero attached hydrogens (tertiary/aromatic N) is 2. The molecular weight excluding hydrogens is 430 g/mol. The minimum absolute atomic E-state index is 0.0417. The van der Waals surface area contributed by atoms with Gasteiger partial charge >= 0.3 is 0 Å². The summed E-state index contributed by atoms with van der Waals surface area (Å²) < 4.78 is 33.5. The van der Waals surface area contributed by atoms with Crippen LogP contribution in [0.3, 0.4) is 0 Å². The highest BCUT2D eigenvalue weighted by Gasteiger charge is 2.32. The van der Waals surface area contributed by atoms with Gasteiger partial charge in [-0.15, -0.1) is 0 Å². The molecule has 0 saturated heterocycles. The average molecular weight is 458 g/mol. The van der Waals surface area contributed by atoms with E-state index in [9.17, 15) is 18.0 Å². The second-order valence-corrected chi connectivity index (χ2v) is 10.1. The smallest absolute Gasteiger partial charge is 0.265 e. The fraction of sp³-hybridized carbons (Fsp3) is 0.391. The lowest BCUT2D eigenvalue weighted by Crippen LogP contribution is -2.43. The zero-order valence-electron chi connectivity index (χ0n) is 18.0. The summed E-state index contributed by atoms with van der Waals surface area (Å²) in [6.45, 7) is -0.395. The second-order valence-electron chi connectivity index (χ2n) is 8.09. The zero-order chi connectivity index (χ0) is 22.7. The Labute approximate surface area is 188 Å². The molecule has 2 amide bonds. The molecule has 1 saturated carbocycles. The van der Waals surface area contributed by atoms with E-state index in [1.807, 2.05) is 0 Å². The van der Waals surface area contributed by atoms with Crippen molar-refractivity contribution in [2.45, 2.75) is 43.0 Å². The third-order valence-electron chi connectivity index (χ3n) is 6.02. The number of anilines is 2. The van der Waals surface area contributed by atoms with Gasteiger partial charge in [0.2, 0.25) is 15.9 Å². The van der Waals surface area contributed by atoms with Gasteiger partial charge in [-0.25, -0.2) is 8.42 Å². The van der Waals surface area contributed by atoms with Crippen molar-refractivity contribution in [3.05, 3.63) is 48.5 Å². The first-order valence-electron chi connectivity index (χ1n) is 10.8. The first kappa shape index (κ1) is 22.3. The Kier molecular flexibility index (Phi) is 6.48. The van der Waals surface area contributed by atoms with Gasteiger partial charge in [0.25, 0.3) is 5.91 Å². The standard InChI is InChI=1S/C23H27N3O5S/c1-25(17-9-3-2-4-10-17)32(29,30)21-14-8-5-11-18(21)24-22(27)15-26-19-12-6-7-13-20(19)31-16-23(26)28/h5-8,11-14,17H,2-4,9-10,15-16H2,1H3,(H,24,27). The number of benzene rings is 2. The number of carbonyl (C=O) groups is 2. The monoisotopic (exact) mass is 457 g/mol. The van der Waals surface area contributed by atoms with E-state index in [-0.39, 0.29) is 35.7 Å². The van der Waals surface area contributed by atoms with Crippen LogP contribution in [0.5, 0.6) is 5.75 Å². The summed E-state index contributed by atoms with van der Waals surface area (Å²) in [7, 11) is -2.18. The first-order chi connectivity index (χ1) is 15.4. The molecule has 1 heterocycles. The van der Waals surface area contributed by atoms with Crippen LogP contribution < -0.4 is 15.0 Å². The summed E-state index contributed by atoms with van der Waals surface area (Å²) in [6.07, 6.45) is 4.82. The van der Waals surface area contributed by atoms with Crippen molar-refractivity contribution in [3.8, 4) is 5.75 Å². The maximum absolute atomic E-state index is 13.3. The third kappa shape index (κ3) is 4.49. The number of sulfonamides is 1. The van der Waals surface area contributed by atoms with Crippen molar-refractivity contribution >= 4 is 33.2 Å². The van der Waals surface area contributed by atoms with Crippen LogP contribution in [0.25, 0.3) is 0 Å². The molecule has 0 radical (unpaired) electrons. The maximum atomic E-state index is 13.3. The molecule has 0 spiro atoms. The van der Waals surface area contributed by atoms with Gasteiger partial charge in [-0.05, 0) is 37.1 Å². The number of hydrogen-bond acceptors (Lipinski definition) is 5. The number of rotatable bonds is 6. The fourth-order valence-corrected chi connectivity index (χ4v) is 5.81. The lowest BCUT2D eigenvalue weighted by molar-refractivity contribution is -0.123. The lowest BCUT2D eigenvalue weighted by Gasteiger charge is -2.31. The van der Waals surface area contributed by atoms with E-state index in [0.717, 1.165) is 32.1 Å². The van der Waals surface area contributed by atoms with Gasteiger partial charge in [0, 0.05) is 13.1 Å². The van der Waals surface area contributed by atoms with Crippen molar-refractivity contribution in [2.24, 2.45) is 0 Å². The Bertz CT molecular complexity index is 1110. The van der Waals surface area contributed by atoms with E-state index < -0.39 is 15.9 Å². The largest absolute Gasteiger partial charge is 0.482 e. The molecule has 0 unspecified atom stereocenters. The van der Waals surface area contributed by atoms with Crippen LogP contribution in [0.2, 0.25) is 0 Å². The van der Waals surface area contributed by atoms with Crippen LogP contribution in [-0.2, 0) is 19.6 Å². The molecule has 4 rings (SSSR count). The zero-order valence-corrected chi connectivity index (χ0v) is 18.8. The van der Waals surface area contributed by atoms with Crippen molar-refractivity contribution in [2.75, 3.05) is 30.4 Å². The molecule has 32 heavy (non-hydrogen) atoms. The van der Waals surface area contributed by atoms with Crippen molar-refractivity contribution in [1.82, 2.24) is 4.31 Å². The molecule has 1 fully saturated rings.